The molecule has 0 bridgehead atoms. The summed E-state index contributed by atoms with van der Waals surface area (Å²) in [6.07, 6.45) is 0.409. The highest BCUT2D eigenvalue weighted by Gasteiger charge is 2.37. The van der Waals surface area contributed by atoms with E-state index in [0.717, 1.165) is 11.8 Å². The Morgan fingerprint density at radius 3 is 2.78 bits per heavy atom. The number of rotatable bonds is 6. The van der Waals surface area contributed by atoms with Gasteiger partial charge in [0.15, 0.2) is 5.12 Å². The third-order valence-corrected chi connectivity index (χ3v) is 4.81. The van der Waals surface area contributed by atoms with Crippen LogP contribution in [-0.4, -0.2) is 50.4 Å². The molecule has 2 unspecified atom stereocenters. The van der Waals surface area contributed by atoms with Gasteiger partial charge in [0, 0.05) is 32.1 Å². The molecule has 0 spiro atoms. The fourth-order valence-electron chi connectivity index (χ4n) is 2.69. The van der Waals surface area contributed by atoms with E-state index in [9.17, 15) is 24.6 Å². The van der Waals surface area contributed by atoms with Gasteiger partial charge in [0.1, 0.15) is 11.8 Å². The molecular weight excluding hydrogens is 318 g/mol. The smallest absolute Gasteiger partial charge is 0.326 e. The number of aromatic hydroxyl groups is 1. The number of thioether (sulfide) groups is 1. The van der Waals surface area contributed by atoms with Crippen molar-refractivity contribution < 1.29 is 24.6 Å². The van der Waals surface area contributed by atoms with Gasteiger partial charge in [-0.15, -0.1) is 0 Å². The summed E-state index contributed by atoms with van der Waals surface area (Å²) in [5, 5.41) is 18.9. The van der Waals surface area contributed by atoms with E-state index in [4.69, 9.17) is 0 Å². The second kappa shape index (κ2) is 7.50. The maximum Gasteiger partial charge on any atom is 0.326 e. The number of carboxylic acids is 1. The minimum Gasteiger partial charge on any atom is -0.508 e. The molecule has 0 saturated carbocycles. The van der Waals surface area contributed by atoms with Crippen molar-refractivity contribution in [2.45, 2.75) is 25.8 Å². The molecule has 7 heteroatoms. The monoisotopic (exact) mass is 337 g/mol. The van der Waals surface area contributed by atoms with Crippen LogP contribution >= 0.6 is 11.8 Å². The molecule has 1 aromatic rings. The molecule has 0 aromatic heterocycles. The van der Waals surface area contributed by atoms with E-state index in [1.165, 1.54) is 24.0 Å². The number of carboxylic acid groups (broad SMARTS) is 1. The third-order valence-electron chi connectivity index (χ3n) is 3.76. The normalized spacial score (nSPS) is 18.9. The van der Waals surface area contributed by atoms with Crippen LogP contribution in [0.1, 0.15) is 18.9 Å². The second-order valence-electron chi connectivity index (χ2n) is 5.65. The number of phenolic OH excluding ortho intramolecular Hbond substituents is 1. The Bertz CT molecular complexity index is 618. The fraction of sp³-hybridized carbons (Fsp3) is 0.438. The minimum absolute atomic E-state index is 0.00885. The lowest BCUT2D eigenvalue weighted by atomic mass is 10.0. The van der Waals surface area contributed by atoms with Crippen molar-refractivity contribution in [3.8, 4) is 5.75 Å². The van der Waals surface area contributed by atoms with Crippen LogP contribution in [0.15, 0.2) is 24.3 Å². The topological polar surface area (TPSA) is 94.9 Å². The first kappa shape index (κ1) is 17.3. The molecule has 124 valence electrons. The Balaban J connectivity index is 2.07. The van der Waals surface area contributed by atoms with Crippen molar-refractivity contribution in [2.24, 2.45) is 5.92 Å². The number of benzene rings is 1. The number of amides is 1. The Morgan fingerprint density at radius 1 is 1.43 bits per heavy atom. The first-order chi connectivity index (χ1) is 10.9. The zero-order valence-electron chi connectivity index (χ0n) is 12.8. The number of hydrogen-bond acceptors (Lipinski definition) is 5. The van der Waals surface area contributed by atoms with Gasteiger partial charge in [0.25, 0.3) is 0 Å². The lowest BCUT2D eigenvalue weighted by Gasteiger charge is -2.25. The molecule has 0 radical (unpaired) electrons. The van der Waals surface area contributed by atoms with Crippen molar-refractivity contribution >= 4 is 28.8 Å². The van der Waals surface area contributed by atoms with E-state index < -0.39 is 12.0 Å². The summed E-state index contributed by atoms with van der Waals surface area (Å²) in [5.74, 6) is -0.693. The van der Waals surface area contributed by atoms with Crippen molar-refractivity contribution in [3.05, 3.63) is 29.8 Å². The van der Waals surface area contributed by atoms with Crippen molar-refractivity contribution in [1.29, 1.82) is 0 Å². The Morgan fingerprint density at radius 2 is 2.17 bits per heavy atom. The van der Waals surface area contributed by atoms with E-state index in [0.29, 0.717) is 17.9 Å². The fourth-order valence-corrected chi connectivity index (χ4v) is 3.39. The first-order valence-electron chi connectivity index (χ1n) is 7.30. The molecule has 1 saturated heterocycles. The molecular formula is C16H19NO5S. The summed E-state index contributed by atoms with van der Waals surface area (Å²) in [6.45, 7) is 1.82. The maximum absolute atomic E-state index is 12.2. The first-order valence-corrected chi connectivity index (χ1v) is 8.29. The van der Waals surface area contributed by atoms with Gasteiger partial charge in [-0.1, -0.05) is 23.9 Å². The van der Waals surface area contributed by atoms with E-state index in [-0.39, 0.29) is 35.5 Å². The molecule has 1 fully saturated rings. The van der Waals surface area contributed by atoms with Crippen LogP contribution < -0.4 is 0 Å². The number of aliphatic carboxylic acids is 1. The van der Waals surface area contributed by atoms with Gasteiger partial charge in [-0.05, 0) is 23.6 Å². The average Bonchev–Trinajstić information content (AvgIpc) is 2.83. The van der Waals surface area contributed by atoms with Gasteiger partial charge in [-0.2, -0.15) is 0 Å². The molecule has 1 aliphatic heterocycles. The third kappa shape index (κ3) is 4.72. The Labute approximate surface area is 138 Å². The number of carbonyl (C=O) groups is 3. The highest BCUT2D eigenvalue weighted by molar-refractivity contribution is 8.13. The minimum atomic E-state index is -1.07. The average molecular weight is 337 g/mol. The number of phenols is 1. The molecule has 2 rings (SSSR count). The number of likely N-dealkylation sites (tertiary alicyclic amines) is 1. The van der Waals surface area contributed by atoms with E-state index in [1.807, 2.05) is 0 Å². The SMILES string of the molecule is CC(=O)SCC1CC(=O)N(C(Cc2cccc(O)c2)C(=O)O)C1. The highest BCUT2D eigenvalue weighted by atomic mass is 32.2. The van der Waals surface area contributed by atoms with Crippen LogP contribution in [0.5, 0.6) is 5.75 Å². The lowest BCUT2D eigenvalue weighted by molar-refractivity contribution is -0.148. The van der Waals surface area contributed by atoms with Gasteiger partial charge in [0.2, 0.25) is 5.91 Å². The van der Waals surface area contributed by atoms with Crippen molar-refractivity contribution in [1.82, 2.24) is 4.90 Å². The molecule has 0 aliphatic carbocycles. The van der Waals surface area contributed by atoms with Crippen molar-refractivity contribution in [2.75, 3.05) is 12.3 Å². The molecule has 2 N–H and O–H groups in total. The standard InChI is InChI=1S/C16H19NO5S/c1-10(18)23-9-12-7-15(20)17(8-12)14(16(21)22)6-11-3-2-4-13(19)5-11/h2-5,12,14,19H,6-9H2,1H3,(H,21,22). The quantitative estimate of drug-likeness (QED) is 0.817. The van der Waals surface area contributed by atoms with Crippen LogP contribution in [-0.2, 0) is 20.8 Å². The largest absolute Gasteiger partial charge is 0.508 e. The van der Waals surface area contributed by atoms with Gasteiger partial charge in [0.05, 0.1) is 0 Å². The van der Waals surface area contributed by atoms with Gasteiger partial charge in [-0.25, -0.2) is 4.79 Å². The maximum atomic E-state index is 12.2. The number of hydrogen-bond donors (Lipinski definition) is 2. The second-order valence-corrected chi connectivity index (χ2v) is 6.84. The van der Waals surface area contributed by atoms with E-state index in [2.05, 4.69) is 0 Å². The molecule has 1 heterocycles. The summed E-state index contributed by atoms with van der Waals surface area (Å²) in [6, 6.07) is 5.41. The summed E-state index contributed by atoms with van der Waals surface area (Å²) in [4.78, 5) is 36.1. The van der Waals surface area contributed by atoms with Crippen LogP contribution in [0.3, 0.4) is 0 Å². The zero-order valence-corrected chi connectivity index (χ0v) is 13.6. The summed E-state index contributed by atoms with van der Waals surface area (Å²) < 4.78 is 0. The summed E-state index contributed by atoms with van der Waals surface area (Å²) >= 11 is 1.16. The number of carbonyl (C=O) groups excluding carboxylic acids is 2. The van der Waals surface area contributed by atoms with Crippen LogP contribution in [0.25, 0.3) is 0 Å². The zero-order chi connectivity index (χ0) is 17.0. The van der Waals surface area contributed by atoms with Crippen LogP contribution in [0.4, 0.5) is 0 Å². The summed E-state index contributed by atoms with van der Waals surface area (Å²) in [5.41, 5.74) is 0.659. The molecule has 1 amide bonds. The lowest BCUT2D eigenvalue weighted by Crippen LogP contribution is -2.43. The predicted octanol–water partition coefficient (Wildman–Crippen LogP) is 1.52. The molecule has 1 aliphatic rings. The van der Waals surface area contributed by atoms with Crippen molar-refractivity contribution in [3.63, 3.8) is 0 Å². The molecule has 1 aromatic carbocycles. The molecule has 23 heavy (non-hydrogen) atoms. The van der Waals surface area contributed by atoms with Crippen LogP contribution in [0.2, 0.25) is 0 Å². The van der Waals surface area contributed by atoms with Gasteiger partial charge >= 0.3 is 5.97 Å². The van der Waals surface area contributed by atoms with Crippen LogP contribution in [0, 0.1) is 5.92 Å². The predicted molar refractivity (Wildman–Crippen MR) is 86.2 cm³/mol. The van der Waals surface area contributed by atoms with E-state index in [1.54, 1.807) is 12.1 Å². The van der Waals surface area contributed by atoms with E-state index >= 15 is 0 Å². The summed E-state index contributed by atoms with van der Waals surface area (Å²) in [7, 11) is 0. The molecule has 2 atom stereocenters. The Kier molecular flexibility index (Phi) is 5.65. The Hall–Kier alpha value is -2.02. The van der Waals surface area contributed by atoms with Gasteiger partial charge < -0.3 is 15.1 Å². The van der Waals surface area contributed by atoms with Gasteiger partial charge in [-0.3, -0.25) is 9.59 Å². The molecule has 6 nitrogen and oxygen atoms in total. The highest BCUT2D eigenvalue weighted by Crippen LogP contribution is 2.26. The number of nitrogens with zero attached hydrogens (tertiary/aromatic N) is 1.